The van der Waals surface area contributed by atoms with E-state index in [1.165, 1.54) is 12.8 Å². The largest absolute Gasteiger partial charge is 0.299 e. The van der Waals surface area contributed by atoms with Crippen molar-refractivity contribution in [1.29, 1.82) is 5.26 Å². The summed E-state index contributed by atoms with van der Waals surface area (Å²) < 4.78 is 0. The van der Waals surface area contributed by atoms with Gasteiger partial charge in [-0.1, -0.05) is 0 Å². The molecule has 2 nitrogen and oxygen atoms in total. The number of nitrogens with zero attached hydrogens (tertiary/aromatic N) is 2. The summed E-state index contributed by atoms with van der Waals surface area (Å²) >= 11 is 5.61. The molecule has 0 aromatic heterocycles. The lowest BCUT2D eigenvalue weighted by atomic mass is 10.3. The van der Waals surface area contributed by atoms with Gasteiger partial charge in [-0.3, -0.25) is 4.90 Å². The van der Waals surface area contributed by atoms with Gasteiger partial charge in [0.1, 0.15) is 0 Å². The van der Waals surface area contributed by atoms with Crippen LogP contribution in [0.15, 0.2) is 0 Å². The van der Waals surface area contributed by atoms with Gasteiger partial charge in [0.05, 0.1) is 6.07 Å². The molecule has 0 spiro atoms. The Kier molecular flexibility index (Phi) is 4.42. The van der Waals surface area contributed by atoms with Crippen LogP contribution in [-0.4, -0.2) is 29.9 Å². The molecule has 68 valence electrons. The van der Waals surface area contributed by atoms with Gasteiger partial charge in [-0.05, 0) is 25.8 Å². The van der Waals surface area contributed by atoms with Gasteiger partial charge in [0.25, 0.3) is 0 Å². The monoisotopic (exact) mass is 186 g/mol. The van der Waals surface area contributed by atoms with E-state index in [-0.39, 0.29) is 0 Å². The normalized spacial score (nSPS) is 16.4. The summed E-state index contributed by atoms with van der Waals surface area (Å²) in [5.74, 6) is 0.732. The van der Waals surface area contributed by atoms with E-state index in [0.29, 0.717) is 6.42 Å². The first-order valence-corrected chi connectivity index (χ1v) is 5.09. The van der Waals surface area contributed by atoms with Crippen LogP contribution < -0.4 is 0 Å². The van der Waals surface area contributed by atoms with Crippen LogP contribution in [0.5, 0.6) is 0 Å². The van der Waals surface area contributed by atoms with E-state index < -0.39 is 0 Å². The molecule has 1 aliphatic rings. The molecule has 0 heterocycles. The zero-order valence-corrected chi connectivity index (χ0v) is 8.06. The van der Waals surface area contributed by atoms with Crippen LogP contribution in [0.1, 0.15) is 25.7 Å². The van der Waals surface area contributed by atoms with Crippen LogP contribution in [0, 0.1) is 11.3 Å². The summed E-state index contributed by atoms with van der Waals surface area (Å²) in [7, 11) is 0. The molecule has 1 rings (SSSR count). The summed E-state index contributed by atoms with van der Waals surface area (Å²) in [6.07, 6.45) is 4.32. The van der Waals surface area contributed by atoms with E-state index in [1.54, 1.807) is 0 Å². The molecule has 12 heavy (non-hydrogen) atoms. The molecule has 0 unspecified atom stereocenters. The van der Waals surface area contributed by atoms with Crippen LogP contribution in [0.25, 0.3) is 0 Å². The van der Waals surface area contributed by atoms with Crippen molar-refractivity contribution in [3.8, 4) is 6.07 Å². The number of alkyl halides is 1. The lowest BCUT2D eigenvalue weighted by Crippen LogP contribution is -2.28. The standard InChI is InChI=1S/C9H15ClN2/c10-5-1-7-12(8-2-6-11)9-3-4-9/h9H,1-5,7-8H2. The molecular formula is C9H15ClN2. The Bertz CT molecular complexity index is 160. The summed E-state index contributed by atoms with van der Waals surface area (Å²) in [5, 5.41) is 8.44. The average Bonchev–Trinajstić information content (AvgIpc) is 2.88. The van der Waals surface area contributed by atoms with Crippen molar-refractivity contribution < 1.29 is 0 Å². The molecule has 0 bridgehead atoms. The molecule has 0 radical (unpaired) electrons. The minimum atomic E-state index is 0.652. The van der Waals surface area contributed by atoms with Crippen molar-refractivity contribution in [1.82, 2.24) is 4.90 Å². The zero-order chi connectivity index (χ0) is 8.81. The maximum Gasteiger partial charge on any atom is 0.0635 e. The predicted molar refractivity (Wildman–Crippen MR) is 50.2 cm³/mol. The molecule has 1 saturated carbocycles. The van der Waals surface area contributed by atoms with Gasteiger partial charge in [0.15, 0.2) is 0 Å². The highest BCUT2D eigenvalue weighted by Gasteiger charge is 2.27. The first kappa shape index (κ1) is 9.83. The van der Waals surface area contributed by atoms with Crippen LogP contribution in [0.2, 0.25) is 0 Å². The molecule has 0 amide bonds. The number of hydrogen-bond acceptors (Lipinski definition) is 2. The molecule has 0 aromatic rings. The average molecular weight is 187 g/mol. The fourth-order valence-electron chi connectivity index (χ4n) is 1.37. The second kappa shape index (κ2) is 5.40. The first-order chi connectivity index (χ1) is 5.88. The van der Waals surface area contributed by atoms with E-state index in [9.17, 15) is 0 Å². The maximum atomic E-state index is 8.44. The third-order valence-electron chi connectivity index (χ3n) is 2.15. The Hall–Kier alpha value is -0.260. The van der Waals surface area contributed by atoms with Gasteiger partial charge in [0, 0.05) is 24.9 Å². The van der Waals surface area contributed by atoms with Crippen LogP contribution in [0.3, 0.4) is 0 Å². The Morgan fingerprint density at radius 1 is 1.42 bits per heavy atom. The SMILES string of the molecule is N#CCCN(CCCCl)C1CC1. The third kappa shape index (κ3) is 3.42. The van der Waals surface area contributed by atoms with Crippen molar-refractivity contribution in [2.24, 2.45) is 0 Å². The van der Waals surface area contributed by atoms with E-state index >= 15 is 0 Å². The summed E-state index contributed by atoms with van der Waals surface area (Å²) in [5.41, 5.74) is 0. The van der Waals surface area contributed by atoms with Gasteiger partial charge >= 0.3 is 0 Å². The number of rotatable bonds is 6. The second-order valence-electron chi connectivity index (χ2n) is 3.22. The molecule has 1 fully saturated rings. The predicted octanol–water partition coefficient (Wildman–Crippen LogP) is 1.99. The van der Waals surface area contributed by atoms with Gasteiger partial charge in [-0.15, -0.1) is 11.6 Å². The molecule has 0 aliphatic heterocycles. The molecule has 0 saturated heterocycles. The quantitative estimate of drug-likeness (QED) is 0.594. The number of halogens is 1. The minimum Gasteiger partial charge on any atom is -0.299 e. The van der Waals surface area contributed by atoms with E-state index in [0.717, 1.165) is 31.4 Å². The Balaban J connectivity index is 2.14. The third-order valence-corrected chi connectivity index (χ3v) is 2.42. The van der Waals surface area contributed by atoms with Crippen molar-refractivity contribution in [3.63, 3.8) is 0 Å². The zero-order valence-electron chi connectivity index (χ0n) is 7.30. The first-order valence-electron chi connectivity index (χ1n) is 4.55. The summed E-state index contributed by atoms with van der Waals surface area (Å²) in [4.78, 5) is 2.39. The molecule has 3 heteroatoms. The van der Waals surface area contributed by atoms with Crippen molar-refractivity contribution in [2.45, 2.75) is 31.7 Å². The fraction of sp³-hybridized carbons (Fsp3) is 0.889. The number of nitriles is 1. The Morgan fingerprint density at radius 2 is 2.17 bits per heavy atom. The van der Waals surface area contributed by atoms with Gasteiger partial charge in [0.2, 0.25) is 0 Å². The second-order valence-corrected chi connectivity index (χ2v) is 3.60. The summed E-state index contributed by atoms with van der Waals surface area (Å²) in [6, 6.07) is 2.95. The lowest BCUT2D eigenvalue weighted by Gasteiger charge is -2.19. The molecular weight excluding hydrogens is 172 g/mol. The van der Waals surface area contributed by atoms with Crippen molar-refractivity contribution >= 4 is 11.6 Å². The van der Waals surface area contributed by atoms with Gasteiger partial charge in [-0.2, -0.15) is 5.26 Å². The smallest absolute Gasteiger partial charge is 0.0635 e. The number of hydrogen-bond donors (Lipinski definition) is 0. The van der Waals surface area contributed by atoms with Crippen molar-refractivity contribution in [3.05, 3.63) is 0 Å². The molecule has 0 N–H and O–H groups in total. The minimum absolute atomic E-state index is 0.652. The lowest BCUT2D eigenvalue weighted by molar-refractivity contribution is 0.271. The molecule has 0 atom stereocenters. The van der Waals surface area contributed by atoms with E-state index in [2.05, 4.69) is 11.0 Å². The van der Waals surface area contributed by atoms with E-state index in [1.807, 2.05) is 0 Å². The highest BCUT2D eigenvalue weighted by molar-refractivity contribution is 6.17. The van der Waals surface area contributed by atoms with Crippen molar-refractivity contribution in [2.75, 3.05) is 19.0 Å². The van der Waals surface area contributed by atoms with E-state index in [4.69, 9.17) is 16.9 Å². The molecule has 1 aliphatic carbocycles. The van der Waals surface area contributed by atoms with Crippen LogP contribution in [0.4, 0.5) is 0 Å². The Labute approximate surface area is 79.1 Å². The van der Waals surface area contributed by atoms with Gasteiger partial charge in [-0.25, -0.2) is 0 Å². The maximum absolute atomic E-state index is 8.44. The molecule has 0 aromatic carbocycles. The van der Waals surface area contributed by atoms with Crippen LogP contribution in [-0.2, 0) is 0 Å². The van der Waals surface area contributed by atoms with Gasteiger partial charge < -0.3 is 0 Å². The Morgan fingerprint density at radius 3 is 2.67 bits per heavy atom. The summed E-state index contributed by atoms with van der Waals surface area (Å²) in [6.45, 7) is 1.99. The van der Waals surface area contributed by atoms with Crippen LogP contribution >= 0.6 is 11.6 Å². The highest BCUT2D eigenvalue weighted by atomic mass is 35.5. The topological polar surface area (TPSA) is 27.0 Å². The highest BCUT2D eigenvalue weighted by Crippen LogP contribution is 2.26. The fourth-order valence-corrected chi connectivity index (χ4v) is 1.49.